The van der Waals surface area contributed by atoms with Crippen molar-refractivity contribution in [3.63, 3.8) is 0 Å². The Labute approximate surface area is 137 Å². The molecule has 0 saturated carbocycles. The lowest BCUT2D eigenvalue weighted by molar-refractivity contribution is -0.110. The van der Waals surface area contributed by atoms with Gasteiger partial charge < -0.3 is 10.1 Å². The van der Waals surface area contributed by atoms with Crippen molar-refractivity contribution in [2.45, 2.75) is 19.4 Å². The summed E-state index contributed by atoms with van der Waals surface area (Å²) in [5.74, 6) is -0.333. The summed E-state index contributed by atoms with van der Waals surface area (Å²) in [7, 11) is 0. The maximum absolute atomic E-state index is 13.7. The Kier molecular flexibility index (Phi) is 2.91. The second kappa shape index (κ2) is 4.77. The van der Waals surface area contributed by atoms with E-state index in [0.29, 0.717) is 28.1 Å². The Morgan fingerprint density at radius 1 is 1.12 bits per heavy atom. The third kappa shape index (κ3) is 1.98. The SMILES string of the molecule is CC1(C)O/C(=C2/C(=O)Nc3ccc(F)cc32)c2ccc(C=O)cc21. The van der Waals surface area contributed by atoms with Crippen LogP contribution >= 0.6 is 0 Å². The fraction of sp³-hybridized carbons (Fsp3) is 0.158. The Morgan fingerprint density at radius 2 is 1.92 bits per heavy atom. The third-order valence-electron chi connectivity index (χ3n) is 4.38. The fourth-order valence-electron chi connectivity index (χ4n) is 3.25. The number of benzene rings is 2. The van der Waals surface area contributed by atoms with Gasteiger partial charge in [-0.2, -0.15) is 0 Å². The first-order chi connectivity index (χ1) is 11.4. The second-order valence-corrected chi connectivity index (χ2v) is 6.38. The molecule has 2 aromatic rings. The van der Waals surface area contributed by atoms with Crippen LogP contribution in [0.3, 0.4) is 0 Å². The smallest absolute Gasteiger partial charge is 0.260 e. The van der Waals surface area contributed by atoms with E-state index in [2.05, 4.69) is 5.32 Å². The molecule has 4 nitrogen and oxygen atoms in total. The zero-order chi connectivity index (χ0) is 17.1. The molecule has 2 aliphatic rings. The zero-order valence-electron chi connectivity index (χ0n) is 13.1. The van der Waals surface area contributed by atoms with Crippen LogP contribution in [0.5, 0.6) is 0 Å². The lowest BCUT2D eigenvalue weighted by atomic mass is 9.92. The summed E-state index contributed by atoms with van der Waals surface area (Å²) < 4.78 is 19.7. The van der Waals surface area contributed by atoms with Crippen LogP contribution in [0.2, 0.25) is 0 Å². The van der Waals surface area contributed by atoms with E-state index in [4.69, 9.17) is 4.74 Å². The van der Waals surface area contributed by atoms with Gasteiger partial charge in [0.2, 0.25) is 0 Å². The van der Waals surface area contributed by atoms with Crippen LogP contribution in [-0.4, -0.2) is 12.2 Å². The van der Waals surface area contributed by atoms with Gasteiger partial charge in [0.1, 0.15) is 23.5 Å². The largest absolute Gasteiger partial charge is 0.482 e. The lowest BCUT2D eigenvalue weighted by Gasteiger charge is -2.19. The molecule has 0 spiro atoms. The highest BCUT2D eigenvalue weighted by Crippen LogP contribution is 2.48. The summed E-state index contributed by atoms with van der Waals surface area (Å²) in [5, 5.41) is 2.73. The number of amides is 1. The van der Waals surface area contributed by atoms with Crippen LogP contribution in [0, 0.1) is 5.82 Å². The van der Waals surface area contributed by atoms with Crippen molar-refractivity contribution in [1.82, 2.24) is 0 Å². The molecule has 1 N–H and O–H groups in total. The maximum Gasteiger partial charge on any atom is 0.260 e. The monoisotopic (exact) mass is 323 g/mol. The lowest BCUT2D eigenvalue weighted by Crippen LogP contribution is -2.15. The summed E-state index contributed by atoms with van der Waals surface area (Å²) in [4.78, 5) is 23.5. The van der Waals surface area contributed by atoms with Gasteiger partial charge in [-0.05, 0) is 38.1 Å². The topological polar surface area (TPSA) is 55.4 Å². The molecular weight excluding hydrogens is 309 g/mol. The van der Waals surface area contributed by atoms with E-state index in [9.17, 15) is 14.0 Å². The molecule has 4 rings (SSSR count). The van der Waals surface area contributed by atoms with Crippen LogP contribution in [0.25, 0.3) is 11.3 Å². The van der Waals surface area contributed by atoms with Gasteiger partial charge in [0.05, 0.1) is 5.57 Å². The van der Waals surface area contributed by atoms with Gasteiger partial charge in [-0.15, -0.1) is 0 Å². The molecule has 0 aromatic heterocycles. The minimum Gasteiger partial charge on any atom is -0.482 e. The summed E-state index contributed by atoms with van der Waals surface area (Å²) in [6, 6.07) is 9.36. The molecule has 120 valence electrons. The molecule has 0 aliphatic carbocycles. The molecule has 0 bridgehead atoms. The molecule has 24 heavy (non-hydrogen) atoms. The van der Waals surface area contributed by atoms with Crippen LogP contribution in [0.1, 0.15) is 40.9 Å². The van der Waals surface area contributed by atoms with Crippen molar-refractivity contribution in [1.29, 1.82) is 0 Å². The van der Waals surface area contributed by atoms with Crippen molar-refractivity contribution in [3.8, 4) is 0 Å². The molecule has 5 heteroatoms. The van der Waals surface area contributed by atoms with Gasteiger partial charge in [0, 0.05) is 27.9 Å². The van der Waals surface area contributed by atoms with E-state index >= 15 is 0 Å². The number of halogens is 1. The molecule has 0 saturated heterocycles. The van der Waals surface area contributed by atoms with E-state index in [1.807, 2.05) is 13.8 Å². The van der Waals surface area contributed by atoms with Gasteiger partial charge in [-0.1, -0.05) is 12.1 Å². The van der Waals surface area contributed by atoms with Gasteiger partial charge in [-0.25, -0.2) is 4.39 Å². The molecule has 0 fully saturated rings. The normalized spacial score (nSPS) is 20.2. The van der Waals surface area contributed by atoms with Crippen LogP contribution in [0.15, 0.2) is 36.4 Å². The number of rotatable bonds is 1. The molecule has 0 atom stereocenters. The molecular formula is C19H14FNO3. The molecule has 0 radical (unpaired) electrons. The van der Waals surface area contributed by atoms with E-state index in [0.717, 1.165) is 17.4 Å². The second-order valence-electron chi connectivity index (χ2n) is 6.38. The number of fused-ring (bicyclic) bond motifs is 2. The number of carbonyl (C=O) groups is 2. The van der Waals surface area contributed by atoms with Crippen LogP contribution in [-0.2, 0) is 15.1 Å². The number of hydrogen-bond acceptors (Lipinski definition) is 3. The Bertz CT molecular complexity index is 944. The van der Waals surface area contributed by atoms with Crippen molar-refractivity contribution < 1.29 is 18.7 Å². The first kappa shape index (κ1) is 14.6. The highest BCUT2D eigenvalue weighted by molar-refractivity contribution is 6.36. The number of anilines is 1. The minimum atomic E-state index is -0.687. The number of ether oxygens (including phenoxy) is 1. The summed E-state index contributed by atoms with van der Waals surface area (Å²) in [6.45, 7) is 3.74. The highest BCUT2D eigenvalue weighted by Gasteiger charge is 2.40. The quantitative estimate of drug-likeness (QED) is 0.643. The van der Waals surface area contributed by atoms with Crippen LogP contribution < -0.4 is 5.32 Å². The molecule has 2 aromatic carbocycles. The highest BCUT2D eigenvalue weighted by atomic mass is 19.1. The predicted molar refractivity (Wildman–Crippen MR) is 87.8 cm³/mol. The van der Waals surface area contributed by atoms with Crippen molar-refractivity contribution in [2.75, 3.05) is 5.32 Å². The first-order valence-electron chi connectivity index (χ1n) is 7.55. The van der Waals surface area contributed by atoms with E-state index in [-0.39, 0.29) is 5.91 Å². The summed E-state index contributed by atoms with van der Waals surface area (Å²) in [6.07, 6.45) is 0.772. The third-order valence-corrected chi connectivity index (χ3v) is 4.38. The van der Waals surface area contributed by atoms with Crippen LogP contribution in [0.4, 0.5) is 10.1 Å². The Balaban J connectivity index is 2.00. The number of carbonyl (C=O) groups excluding carboxylic acids is 2. The molecule has 2 heterocycles. The predicted octanol–water partition coefficient (Wildman–Crippen LogP) is 3.72. The summed E-state index contributed by atoms with van der Waals surface area (Å²) in [5.41, 5.74) is 2.78. The van der Waals surface area contributed by atoms with Crippen molar-refractivity contribution in [2.24, 2.45) is 0 Å². The Hall–Kier alpha value is -2.95. The zero-order valence-corrected chi connectivity index (χ0v) is 13.1. The first-order valence-corrected chi connectivity index (χ1v) is 7.55. The van der Waals surface area contributed by atoms with Crippen molar-refractivity contribution >= 4 is 29.2 Å². The van der Waals surface area contributed by atoms with E-state index < -0.39 is 11.4 Å². The standard InChI is InChI=1S/C19H14FNO3/c1-19(2)14-7-10(9-22)3-5-12(14)17(24-19)16-13-8-11(20)4-6-15(13)21-18(16)23/h3-9H,1-2H3,(H,21,23)/b17-16+. The average Bonchev–Trinajstić information content (AvgIpc) is 3.00. The van der Waals surface area contributed by atoms with E-state index in [1.54, 1.807) is 18.2 Å². The Morgan fingerprint density at radius 3 is 2.67 bits per heavy atom. The maximum atomic E-state index is 13.7. The van der Waals surface area contributed by atoms with Gasteiger partial charge in [-0.3, -0.25) is 9.59 Å². The number of nitrogens with one attached hydrogen (secondary N) is 1. The van der Waals surface area contributed by atoms with E-state index in [1.165, 1.54) is 18.2 Å². The summed E-state index contributed by atoms with van der Waals surface area (Å²) >= 11 is 0. The molecule has 1 amide bonds. The fourth-order valence-corrected chi connectivity index (χ4v) is 3.25. The molecule has 0 unspecified atom stereocenters. The van der Waals surface area contributed by atoms with Gasteiger partial charge in [0.25, 0.3) is 5.91 Å². The number of hydrogen-bond donors (Lipinski definition) is 1. The molecule has 2 aliphatic heterocycles. The van der Waals surface area contributed by atoms with Gasteiger partial charge in [0.15, 0.2) is 0 Å². The number of aldehydes is 1. The average molecular weight is 323 g/mol. The van der Waals surface area contributed by atoms with Gasteiger partial charge >= 0.3 is 0 Å². The minimum absolute atomic E-state index is 0.315. The van der Waals surface area contributed by atoms with Crippen molar-refractivity contribution in [3.05, 3.63) is 64.5 Å².